The molecular formula is C14H14O4. The summed E-state index contributed by atoms with van der Waals surface area (Å²) in [5, 5.41) is 37.6. The Morgan fingerprint density at radius 2 is 1.67 bits per heavy atom. The van der Waals surface area contributed by atoms with Gasteiger partial charge in [-0.3, -0.25) is 0 Å². The molecule has 0 spiro atoms. The Balaban J connectivity index is 2.22. The third kappa shape index (κ3) is 2.61. The van der Waals surface area contributed by atoms with Crippen LogP contribution in [0.5, 0.6) is 0 Å². The van der Waals surface area contributed by atoms with Gasteiger partial charge in [0, 0.05) is 6.42 Å². The molecule has 18 heavy (non-hydrogen) atoms. The third-order valence-electron chi connectivity index (χ3n) is 2.68. The smallest absolute Gasteiger partial charge is 0.230 e. The summed E-state index contributed by atoms with van der Waals surface area (Å²) in [7, 11) is 0. The van der Waals surface area contributed by atoms with Gasteiger partial charge >= 0.3 is 0 Å². The van der Waals surface area contributed by atoms with E-state index in [9.17, 15) is 20.4 Å². The van der Waals surface area contributed by atoms with E-state index in [1.54, 1.807) is 12.2 Å². The predicted molar refractivity (Wildman–Crippen MR) is 67.6 cm³/mol. The Bertz CT molecular complexity index is 524. The highest BCUT2D eigenvalue weighted by molar-refractivity contribution is 5.54. The maximum Gasteiger partial charge on any atom is 0.230 e. The Kier molecular flexibility index (Phi) is 3.23. The summed E-state index contributed by atoms with van der Waals surface area (Å²) in [5.74, 6) is -3.76. The van der Waals surface area contributed by atoms with Gasteiger partial charge in [-0.25, -0.2) is 0 Å². The molecule has 4 nitrogen and oxygen atoms in total. The van der Waals surface area contributed by atoms with Crippen molar-refractivity contribution in [2.45, 2.75) is 12.2 Å². The highest BCUT2D eigenvalue weighted by Crippen LogP contribution is 2.29. The van der Waals surface area contributed by atoms with Crippen LogP contribution in [0.3, 0.4) is 0 Å². The number of aliphatic hydroxyl groups excluding tert-OH is 2. The minimum Gasteiger partial charge on any atom is -0.504 e. The van der Waals surface area contributed by atoms with Gasteiger partial charge in [-0.2, -0.15) is 0 Å². The average Bonchev–Trinajstić information content (AvgIpc) is 2.34. The summed E-state index contributed by atoms with van der Waals surface area (Å²) in [4.78, 5) is 0. The molecule has 0 aromatic heterocycles. The summed E-state index contributed by atoms with van der Waals surface area (Å²) in [6, 6.07) is 9.48. The fourth-order valence-electron chi connectivity index (χ4n) is 1.74. The topological polar surface area (TPSA) is 80.9 Å². The van der Waals surface area contributed by atoms with E-state index in [4.69, 9.17) is 0 Å². The van der Waals surface area contributed by atoms with Gasteiger partial charge in [-0.05, 0) is 17.2 Å². The second-order valence-electron chi connectivity index (χ2n) is 4.19. The van der Waals surface area contributed by atoms with E-state index in [1.807, 2.05) is 30.3 Å². The second-order valence-corrected chi connectivity index (χ2v) is 4.19. The minimum absolute atomic E-state index is 0.174. The summed E-state index contributed by atoms with van der Waals surface area (Å²) >= 11 is 0. The van der Waals surface area contributed by atoms with Crippen molar-refractivity contribution in [2.24, 2.45) is 0 Å². The highest BCUT2D eigenvalue weighted by atomic mass is 16.5. The Morgan fingerprint density at radius 1 is 1.00 bits per heavy atom. The molecule has 0 atom stereocenters. The molecular weight excluding hydrogens is 232 g/mol. The largest absolute Gasteiger partial charge is 0.504 e. The van der Waals surface area contributed by atoms with E-state index in [1.165, 1.54) is 6.08 Å². The van der Waals surface area contributed by atoms with Gasteiger partial charge in [0.05, 0.1) is 0 Å². The van der Waals surface area contributed by atoms with Crippen molar-refractivity contribution in [2.75, 3.05) is 0 Å². The van der Waals surface area contributed by atoms with Crippen molar-refractivity contribution in [1.82, 2.24) is 0 Å². The normalized spacial score (nSPS) is 19.1. The number of rotatable bonds is 2. The monoisotopic (exact) mass is 246 g/mol. The quantitative estimate of drug-likeness (QED) is 0.602. The molecule has 4 heteroatoms. The first kappa shape index (κ1) is 12.4. The van der Waals surface area contributed by atoms with Crippen LogP contribution in [0.1, 0.15) is 12.0 Å². The molecule has 2 rings (SSSR count). The first-order chi connectivity index (χ1) is 8.49. The molecule has 0 radical (unpaired) electrons. The molecule has 0 saturated heterocycles. The van der Waals surface area contributed by atoms with Gasteiger partial charge in [0.25, 0.3) is 0 Å². The molecule has 0 bridgehead atoms. The zero-order valence-corrected chi connectivity index (χ0v) is 9.61. The number of hydrogen-bond acceptors (Lipinski definition) is 4. The van der Waals surface area contributed by atoms with Crippen LogP contribution in [0.4, 0.5) is 0 Å². The zero-order chi connectivity index (χ0) is 13.2. The summed E-state index contributed by atoms with van der Waals surface area (Å²) in [6.07, 6.45) is 4.59. The van der Waals surface area contributed by atoms with Gasteiger partial charge < -0.3 is 20.4 Å². The van der Waals surface area contributed by atoms with Crippen LogP contribution in [0.15, 0.2) is 59.6 Å². The molecule has 0 amide bonds. The van der Waals surface area contributed by atoms with Gasteiger partial charge in [0.1, 0.15) is 0 Å². The number of aliphatic hydroxyl groups is 4. The molecule has 1 aromatic carbocycles. The fourth-order valence-corrected chi connectivity index (χ4v) is 1.74. The van der Waals surface area contributed by atoms with Gasteiger partial charge in [-0.15, -0.1) is 0 Å². The third-order valence-corrected chi connectivity index (χ3v) is 2.68. The molecule has 0 aliphatic heterocycles. The van der Waals surface area contributed by atoms with Crippen molar-refractivity contribution >= 4 is 6.08 Å². The maximum absolute atomic E-state index is 9.49. The van der Waals surface area contributed by atoms with Crippen LogP contribution in [0.2, 0.25) is 0 Å². The van der Waals surface area contributed by atoms with Crippen LogP contribution in [-0.2, 0) is 0 Å². The van der Waals surface area contributed by atoms with E-state index >= 15 is 0 Å². The lowest BCUT2D eigenvalue weighted by Crippen LogP contribution is -2.34. The van der Waals surface area contributed by atoms with Gasteiger partial charge in [0.2, 0.25) is 5.79 Å². The van der Waals surface area contributed by atoms with E-state index < -0.39 is 17.3 Å². The molecule has 4 N–H and O–H groups in total. The Morgan fingerprint density at radius 3 is 2.28 bits per heavy atom. The fraction of sp³-hybridized carbons (Fsp3) is 0.143. The van der Waals surface area contributed by atoms with Crippen molar-refractivity contribution in [1.29, 1.82) is 0 Å². The summed E-state index contributed by atoms with van der Waals surface area (Å²) in [6.45, 7) is 0. The molecule has 0 fully saturated rings. The standard InChI is InChI=1S/C14H14O4/c15-12-8-11(9-14(17,18)13(12)16)7-6-10-4-2-1-3-5-10/h1-8,15-18H,9H2. The molecule has 1 aliphatic rings. The summed E-state index contributed by atoms with van der Waals surface area (Å²) < 4.78 is 0. The lowest BCUT2D eigenvalue weighted by Gasteiger charge is -2.25. The van der Waals surface area contributed by atoms with Crippen molar-refractivity contribution in [3.8, 4) is 0 Å². The molecule has 0 unspecified atom stereocenters. The van der Waals surface area contributed by atoms with E-state index in [0.717, 1.165) is 5.56 Å². The average molecular weight is 246 g/mol. The van der Waals surface area contributed by atoms with E-state index in [0.29, 0.717) is 5.57 Å². The summed E-state index contributed by atoms with van der Waals surface area (Å²) in [5.41, 5.74) is 1.47. The Hall–Kier alpha value is -2.04. The molecule has 0 saturated carbocycles. The van der Waals surface area contributed by atoms with Crippen molar-refractivity contribution < 1.29 is 20.4 Å². The van der Waals surface area contributed by atoms with Crippen molar-refractivity contribution in [3.63, 3.8) is 0 Å². The predicted octanol–water partition coefficient (Wildman–Crippen LogP) is 2.04. The van der Waals surface area contributed by atoms with E-state index in [-0.39, 0.29) is 6.42 Å². The van der Waals surface area contributed by atoms with Crippen LogP contribution in [0.25, 0.3) is 6.08 Å². The molecule has 94 valence electrons. The van der Waals surface area contributed by atoms with Crippen molar-refractivity contribution in [3.05, 3.63) is 65.1 Å². The van der Waals surface area contributed by atoms with Gasteiger partial charge in [0.15, 0.2) is 11.5 Å². The Labute approximate surface area is 104 Å². The lowest BCUT2D eigenvalue weighted by atomic mass is 9.96. The highest BCUT2D eigenvalue weighted by Gasteiger charge is 2.35. The van der Waals surface area contributed by atoms with E-state index in [2.05, 4.69) is 0 Å². The molecule has 0 heterocycles. The first-order valence-corrected chi connectivity index (χ1v) is 5.50. The number of allylic oxidation sites excluding steroid dienone is 2. The molecule has 1 aromatic rings. The SMILES string of the molecule is OC1=C(O)C(O)(O)CC(C=Cc2ccccc2)=C1. The van der Waals surface area contributed by atoms with Crippen LogP contribution in [-0.4, -0.2) is 26.2 Å². The van der Waals surface area contributed by atoms with Gasteiger partial charge in [-0.1, -0.05) is 42.5 Å². The van der Waals surface area contributed by atoms with Crippen LogP contribution in [0, 0.1) is 0 Å². The number of hydrogen-bond donors (Lipinski definition) is 4. The van der Waals surface area contributed by atoms with Crippen LogP contribution < -0.4 is 0 Å². The molecule has 1 aliphatic carbocycles. The lowest BCUT2D eigenvalue weighted by molar-refractivity contribution is -0.154. The van der Waals surface area contributed by atoms with Crippen LogP contribution >= 0.6 is 0 Å². The second kappa shape index (κ2) is 4.68. The maximum atomic E-state index is 9.49. The minimum atomic E-state index is -2.41. The number of benzene rings is 1. The first-order valence-electron chi connectivity index (χ1n) is 5.50. The zero-order valence-electron chi connectivity index (χ0n) is 9.61.